The second kappa shape index (κ2) is 5.94. The maximum atomic E-state index is 11.9. The van der Waals surface area contributed by atoms with E-state index in [0.717, 1.165) is 0 Å². The van der Waals surface area contributed by atoms with Gasteiger partial charge in [0.15, 0.2) is 0 Å². The summed E-state index contributed by atoms with van der Waals surface area (Å²) in [5, 5.41) is 13.1. The molecule has 0 aromatic heterocycles. The van der Waals surface area contributed by atoms with Crippen molar-refractivity contribution in [2.45, 2.75) is 19.9 Å². The van der Waals surface area contributed by atoms with Gasteiger partial charge in [-0.1, -0.05) is 6.07 Å². The Bertz CT molecular complexity index is 527. The zero-order valence-electron chi connectivity index (χ0n) is 10.8. The van der Waals surface area contributed by atoms with Crippen molar-refractivity contribution in [2.24, 2.45) is 0 Å². The summed E-state index contributed by atoms with van der Waals surface area (Å²) >= 11 is 0. The molecule has 1 aromatic carbocycles. The van der Waals surface area contributed by atoms with Crippen LogP contribution in [-0.2, 0) is 9.53 Å². The van der Waals surface area contributed by atoms with Crippen LogP contribution < -0.4 is 5.32 Å². The van der Waals surface area contributed by atoms with Crippen molar-refractivity contribution in [2.75, 3.05) is 7.11 Å². The highest BCUT2D eigenvalue weighted by Crippen LogP contribution is 2.17. The molecule has 0 saturated heterocycles. The van der Waals surface area contributed by atoms with Crippen molar-refractivity contribution < 1.29 is 19.2 Å². The Morgan fingerprint density at radius 2 is 2.05 bits per heavy atom. The molecule has 0 aliphatic carbocycles. The number of carbonyl (C=O) groups is 2. The summed E-state index contributed by atoms with van der Waals surface area (Å²) in [6, 6.07) is 3.15. The Labute approximate surface area is 109 Å². The number of methoxy groups -OCH3 is 1. The maximum Gasteiger partial charge on any atom is 0.328 e. The molecule has 1 amide bonds. The molecule has 0 fully saturated rings. The lowest BCUT2D eigenvalue weighted by Crippen LogP contribution is -2.39. The van der Waals surface area contributed by atoms with Crippen LogP contribution in [0.2, 0.25) is 0 Å². The second-order valence-corrected chi connectivity index (χ2v) is 3.97. The molecule has 0 saturated carbocycles. The highest BCUT2D eigenvalue weighted by atomic mass is 16.6. The molecule has 0 spiro atoms. The van der Waals surface area contributed by atoms with Gasteiger partial charge in [0.05, 0.1) is 12.0 Å². The Morgan fingerprint density at radius 1 is 1.42 bits per heavy atom. The van der Waals surface area contributed by atoms with Crippen molar-refractivity contribution in [1.82, 2.24) is 5.32 Å². The van der Waals surface area contributed by atoms with Crippen molar-refractivity contribution >= 4 is 17.6 Å². The lowest BCUT2D eigenvalue weighted by Gasteiger charge is -2.12. The number of nitrogens with zero attached hydrogens (tertiary/aromatic N) is 1. The number of benzene rings is 1. The van der Waals surface area contributed by atoms with Crippen molar-refractivity contribution in [3.63, 3.8) is 0 Å². The fourth-order valence-electron chi connectivity index (χ4n) is 1.48. The zero-order valence-corrected chi connectivity index (χ0v) is 10.8. The molecule has 1 rings (SSSR count). The van der Waals surface area contributed by atoms with E-state index in [2.05, 4.69) is 10.1 Å². The molecule has 1 atom stereocenters. The topological polar surface area (TPSA) is 98.5 Å². The summed E-state index contributed by atoms with van der Waals surface area (Å²) in [6.07, 6.45) is 0. The largest absolute Gasteiger partial charge is 0.467 e. The molecule has 19 heavy (non-hydrogen) atoms. The fraction of sp³-hybridized carbons (Fsp3) is 0.333. The van der Waals surface area contributed by atoms with Crippen LogP contribution in [-0.4, -0.2) is 30.0 Å². The molecule has 1 N–H and O–H groups in total. The second-order valence-electron chi connectivity index (χ2n) is 3.97. The molecule has 7 nitrogen and oxygen atoms in total. The highest BCUT2D eigenvalue weighted by molar-refractivity contribution is 5.98. The van der Waals surface area contributed by atoms with Crippen LogP contribution in [0, 0.1) is 17.0 Å². The van der Waals surface area contributed by atoms with Crippen LogP contribution >= 0.6 is 0 Å². The minimum atomic E-state index is -0.823. The summed E-state index contributed by atoms with van der Waals surface area (Å²) in [5.74, 6) is -1.14. The number of ether oxygens (including phenoxy) is 1. The summed E-state index contributed by atoms with van der Waals surface area (Å²) in [7, 11) is 1.21. The number of amides is 1. The smallest absolute Gasteiger partial charge is 0.328 e. The van der Waals surface area contributed by atoms with Crippen LogP contribution in [0.25, 0.3) is 0 Å². The molecule has 102 valence electrons. The first kappa shape index (κ1) is 14.6. The van der Waals surface area contributed by atoms with Crippen molar-refractivity contribution in [3.05, 3.63) is 39.4 Å². The van der Waals surface area contributed by atoms with Gasteiger partial charge in [-0.25, -0.2) is 4.79 Å². The van der Waals surface area contributed by atoms with Gasteiger partial charge >= 0.3 is 5.97 Å². The first-order valence-corrected chi connectivity index (χ1v) is 5.50. The molecule has 1 aromatic rings. The van der Waals surface area contributed by atoms with E-state index in [0.29, 0.717) is 5.56 Å². The van der Waals surface area contributed by atoms with Gasteiger partial charge < -0.3 is 10.1 Å². The molecule has 7 heteroatoms. The van der Waals surface area contributed by atoms with Crippen LogP contribution in [0.3, 0.4) is 0 Å². The third-order valence-electron chi connectivity index (χ3n) is 2.58. The van der Waals surface area contributed by atoms with Crippen molar-refractivity contribution in [3.8, 4) is 0 Å². The lowest BCUT2D eigenvalue weighted by atomic mass is 10.1. The van der Waals surface area contributed by atoms with Crippen LogP contribution in [0.15, 0.2) is 18.2 Å². The van der Waals surface area contributed by atoms with Gasteiger partial charge in [-0.2, -0.15) is 0 Å². The standard InChI is InChI=1S/C12H14N2O5/c1-7-4-5-9(14(17)18)6-10(7)11(15)13-8(2)12(16)19-3/h4-6,8H,1-3H3,(H,13,15). The summed E-state index contributed by atoms with van der Waals surface area (Å²) in [6.45, 7) is 3.12. The number of hydrogen-bond acceptors (Lipinski definition) is 5. The Kier molecular flexibility index (Phi) is 4.57. The molecule has 0 radical (unpaired) electrons. The first-order valence-electron chi connectivity index (χ1n) is 5.50. The average Bonchev–Trinajstić information content (AvgIpc) is 2.37. The predicted molar refractivity (Wildman–Crippen MR) is 66.8 cm³/mol. The van der Waals surface area contributed by atoms with Gasteiger partial charge in [-0.3, -0.25) is 14.9 Å². The van der Waals surface area contributed by atoms with Gasteiger partial charge in [-0.05, 0) is 19.4 Å². The Balaban J connectivity index is 2.96. The van der Waals surface area contributed by atoms with Gasteiger partial charge in [0, 0.05) is 17.7 Å². The van der Waals surface area contributed by atoms with Crippen molar-refractivity contribution in [1.29, 1.82) is 0 Å². The molecule has 0 aliphatic rings. The molecule has 0 aliphatic heterocycles. The third kappa shape index (κ3) is 3.51. The fourth-order valence-corrected chi connectivity index (χ4v) is 1.48. The van der Waals surface area contributed by atoms with E-state index in [4.69, 9.17) is 0 Å². The van der Waals surface area contributed by atoms with E-state index in [1.54, 1.807) is 6.92 Å². The first-order chi connectivity index (χ1) is 8.86. The number of aryl methyl sites for hydroxylation is 1. The lowest BCUT2D eigenvalue weighted by molar-refractivity contribution is -0.384. The minimum absolute atomic E-state index is 0.157. The molecular formula is C12H14N2O5. The normalized spacial score (nSPS) is 11.5. The van der Waals surface area contributed by atoms with E-state index in [-0.39, 0.29) is 11.3 Å². The zero-order chi connectivity index (χ0) is 14.6. The predicted octanol–water partition coefficient (Wildman–Crippen LogP) is 1.19. The number of nitrogens with one attached hydrogen (secondary N) is 1. The molecule has 0 bridgehead atoms. The van der Waals surface area contributed by atoms with Gasteiger partial charge in [0.2, 0.25) is 0 Å². The third-order valence-corrected chi connectivity index (χ3v) is 2.58. The van der Waals surface area contributed by atoms with Gasteiger partial charge in [-0.15, -0.1) is 0 Å². The maximum absolute atomic E-state index is 11.9. The average molecular weight is 266 g/mol. The minimum Gasteiger partial charge on any atom is -0.467 e. The molecule has 0 heterocycles. The van der Waals surface area contributed by atoms with E-state index >= 15 is 0 Å². The number of nitro groups is 1. The van der Waals surface area contributed by atoms with E-state index in [9.17, 15) is 19.7 Å². The molecule has 1 unspecified atom stereocenters. The number of nitro benzene ring substituents is 1. The van der Waals surface area contributed by atoms with E-state index in [1.807, 2.05) is 0 Å². The highest BCUT2D eigenvalue weighted by Gasteiger charge is 2.19. The summed E-state index contributed by atoms with van der Waals surface area (Å²) in [4.78, 5) is 33.2. The number of rotatable bonds is 4. The SMILES string of the molecule is COC(=O)C(C)NC(=O)c1cc([N+](=O)[O-])ccc1C. The summed E-state index contributed by atoms with van der Waals surface area (Å²) in [5.41, 5.74) is 0.562. The van der Waals surface area contributed by atoms with Crippen LogP contribution in [0.1, 0.15) is 22.8 Å². The summed E-state index contributed by atoms with van der Waals surface area (Å²) < 4.78 is 4.48. The van der Waals surface area contributed by atoms with E-state index < -0.39 is 22.8 Å². The van der Waals surface area contributed by atoms with E-state index in [1.165, 1.54) is 32.2 Å². The van der Waals surface area contributed by atoms with Crippen LogP contribution in [0.4, 0.5) is 5.69 Å². The molecular weight excluding hydrogens is 252 g/mol. The number of carbonyl (C=O) groups excluding carboxylic acids is 2. The Hall–Kier alpha value is -2.44. The quantitative estimate of drug-likeness (QED) is 0.501. The monoisotopic (exact) mass is 266 g/mol. The van der Waals surface area contributed by atoms with Gasteiger partial charge in [0.25, 0.3) is 11.6 Å². The van der Waals surface area contributed by atoms with Crippen LogP contribution in [0.5, 0.6) is 0 Å². The Morgan fingerprint density at radius 3 is 2.58 bits per heavy atom. The number of esters is 1. The van der Waals surface area contributed by atoms with Gasteiger partial charge in [0.1, 0.15) is 6.04 Å². The number of hydrogen-bond donors (Lipinski definition) is 1. The number of non-ortho nitro benzene ring substituents is 1.